The number of nitrogens with two attached hydrogens (primary N) is 2. The number of hydrogen-bond acceptors (Lipinski definition) is 5. The molecule has 3 fully saturated rings. The fraction of sp³-hybridized carbons (Fsp3) is 0.927. The van der Waals surface area contributed by atoms with Gasteiger partial charge in [-0.2, -0.15) is 0 Å². The summed E-state index contributed by atoms with van der Waals surface area (Å²) in [4.78, 5) is 15.6. The lowest BCUT2D eigenvalue weighted by atomic mass is 9.47. The number of ether oxygens (including phenoxy) is 1. The van der Waals surface area contributed by atoms with Gasteiger partial charge < -0.3 is 26.4 Å². The Hall–Kier alpha value is -1.11. The average molecular weight is 657 g/mol. The molecule has 47 heavy (non-hydrogen) atoms. The molecule has 0 aromatic heterocycles. The first-order valence-electron chi connectivity index (χ1n) is 20.3. The van der Waals surface area contributed by atoms with E-state index < -0.39 is 0 Å². The fourth-order valence-electron chi connectivity index (χ4n) is 11.2. The number of carbonyl (C=O) groups excluding carboxylic acids is 1. The van der Waals surface area contributed by atoms with E-state index in [0.29, 0.717) is 24.5 Å². The summed E-state index contributed by atoms with van der Waals surface area (Å²) in [6.45, 7) is 19.8. The number of fused-ring (bicyclic) bond motifs is 5. The van der Waals surface area contributed by atoms with E-state index in [1.54, 1.807) is 5.57 Å². The van der Waals surface area contributed by atoms with E-state index in [1.807, 2.05) is 4.90 Å². The van der Waals surface area contributed by atoms with E-state index in [9.17, 15) is 4.79 Å². The Morgan fingerprint density at radius 3 is 2.45 bits per heavy atom. The van der Waals surface area contributed by atoms with Crippen LogP contribution < -0.4 is 16.8 Å². The van der Waals surface area contributed by atoms with Crippen LogP contribution in [0.15, 0.2) is 11.6 Å². The zero-order valence-electron chi connectivity index (χ0n) is 31.8. The summed E-state index contributed by atoms with van der Waals surface area (Å²) >= 11 is 0. The van der Waals surface area contributed by atoms with Crippen LogP contribution in [0.4, 0.5) is 4.79 Å². The van der Waals surface area contributed by atoms with Gasteiger partial charge in [0.05, 0.1) is 0 Å². The molecule has 0 saturated heterocycles. The maximum Gasteiger partial charge on any atom is 0.410 e. The summed E-state index contributed by atoms with van der Waals surface area (Å²) in [6, 6.07) is 0.528. The molecule has 4 aliphatic carbocycles. The van der Waals surface area contributed by atoms with Gasteiger partial charge in [-0.05, 0) is 157 Å². The van der Waals surface area contributed by atoms with Crippen molar-refractivity contribution in [2.75, 3.05) is 26.2 Å². The molecule has 3 saturated carbocycles. The zero-order chi connectivity index (χ0) is 34.2. The summed E-state index contributed by atoms with van der Waals surface area (Å²) in [6.07, 6.45) is 21.9. The van der Waals surface area contributed by atoms with E-state index in [4.69, 9.17) is 16.2 Å². The van der Waals surface area contributed by atoms with Gasteiger partial charge in [0.25, 0.3) is 0 Å². The van der Waals surface area contributed by atoms with Crippen molar-refractivity contribution < 1.29 is 9.53 Å². The molecule has 4 rings (SSSR count). The second kappa shape index (κ2) is 17.7. The van der Waals surface area contributed by atoms with Crippen molar-refractivity contribution in [1.29, 1.82) is 0 Å². The monoisotopic (exact) mass is 657 g/mol. The van der Waals surface area contributed by atoms with Crippen molar-refractivity contribution in [2.24, 2.45) is 57.8 Å². The molecule has 0 bridgehead atoms. The number of allylic oxidation sites excluding steroid dienone is 1. The fourth-order valence-corrected chi connectivity index (χ4v) is 11.2. The number of carbonyl (C=O) groups is 1. The van der Waals surface area contributed by atoms with E-state index >= 15 is 0 Å². The van der Waals surface area contributed by atoms with Gasteiger partial charge in [0.15, 0.2) is 0 Å². The van der Waals surface area contributed by atoms with Crippen molar-refractivity contribution in [2.45, 2.75) is 169 Å². The minimum atomic E-state index is -0.137. The normalized spacial score (nSPS) is 33.7. The number of amides is 1. The lowest BCUT2D eigenvalue weighted by Gasteiger charge is -2.58. The molecule has 1 amide bonds. The number of hydrogen-bond donors (Lipinski definition) is 3. The van der Waals surface area contributed by atoms with Crippen LogP contribution in [-0.4, -0.2) is 55.4 Å². The summed E-state index contributed by atoms with van der Waals surface area (Å²) < 4.78 is 6.33. The van der Waals surface area contributed by atoms with Crippen LogP contribution in [0.2, 0.25) is 0 Å². The average Bonchev–Trinajstić information content (AvgIpc) is 3.37. The van der Waals surface area contributed by atoms with E-state index in [2.05, 4.69) is 59.9 Å². The second-order valence-electron chi connectivity index (χ2n) is 17.4. The summed E-state index contributed by atoms with van der Waals surface area (Å²) in [5, 5.41) is 3.55. The number of rotatable bonds is 18. The standard InChI is InChI=1S/C41H76N4O2/c1-8-32(29(2)3)12-11-13-33-15-17-37-36-16-14-34-28-35(18-22-41(34,7)38(36)19-23-40(33,37)6)47-39(46)45(31(5)21-25-43)27-10-9-26-44-30(4)20-24-42/h14,29-33,35-38,44H,8-13,15-28,42-43H2,1-7H3/t30?,31?,32-,33?,35?,36?,37?,38?,40-,41?/m1/s1. The molecule has 0 aromatic carbocycles. The van der Waals surface area contributed by atoms with Crippen molar-refractivity contribution in [3.05, 3.63) is 11.6 Å². The molecular weight excluding hydrogens is 580 g/mol. The molecule has 10 atom stereocenters. The lowest BCUT2D eigenvalue weighted by Crippen LogP contribution is -2.51. The molecule has 6 heteroatoms. The van der Waals surface area contributed by atoms with Crippen LogP contribution >= 0.6 is 0 Å². The first-order valence-corrected chi connectivity index (χ1v) is 20.3. The number of unbranched alkanes of at least 4 members (excludes halogenated alkanes) is 1. The highest BCUT2D eigenvalue weighted by atomic mass is 16.6. The smallest absolute Gasteiger partial charge is 0.410 e. The topological polar surface area (TPSA) is 93.6 Å². The summed E-state index contributed by atoms with van der Waals surface area (Å²) in [7, 11) is 0. The second-order valence-corrected chi connectivity index (χ2v) is 17.4. The third kappa shape index (κ3) is 9.17. The van der Waals surface area contributed by atoms with Gasteiger partial charge in [0, 0.05) is 25.0 Å². The van der Waals surface area contributed by atoms with E-state index in [1.165, 1.54) is 57.8 Å². The van der Waals surface area contributed by atoms with Crippen molar-refractivity contribution in [1.82, 2.24) is 10.2 Å². The Labute approximate surface area is 290 Å². The third-order valence-electron chi connectivity index (χ3n) is 14.4. The van der Waals surface area contributed by atoms with Crippen LogP contribution in [0.1, 0.15) is 151 Å². The largest absolute Gasteiger partial charge is 0.446 e. The van der Waals surface area contributed by atoms with Crippen LogP contribution in [0.3, 0.4) is 0 Å². The predicted molar refractivity (Wildman–Crippen MR) is 198 cm³/mol. The highest BCUT2D eigenvalue weighted by Gasteiger charge is 2.58. The van der Waals surface area contributed by atoms with Crippen LogP contribution in [0.25, 0.3) is 0 Å². The molecule has 0 spiro atoms. The first-order chi connectivity index (χ1) is 22.5. The van der Waals surface area contributed by atoms with Crippen LogP contribution in [-0.2, 0) is 4.74 Å². The number of nitrogens with zero attached hydrogens (tertiary/aromatic N) is 1. The van der Waals surface area contributed by atoms with Gasteiger partial charge in [-0.25, -0.2) is 4.79 Å². The van der Waals surface area contributed by atoms with Gasteiger partial charge >= 0.3 is 6.09 Å². The van der Waals surface area contributed by atoms with Crippen molar-refractivity contribution in [3.63, 3.8) is 0 Å². The maximum atomic E-state index is 13.6. The predicted octanol–water partition coefficient (Wildman–Crippen LogP) is 9.07. The zero-order valence-corrected chi connectivity index (χ0v) is 31.8. The maximum absolute atomic E-state index is 13.6. The molecule has 0 aliphatic heterocycles. The van der Waals surface area contributed by atoms with Gasteiger partial charge in [-0.1, -0.05) is 65.5 Å². The van der Waals surface area contributed by atoms with E-state index in [0.717, 1.165) is 93.5 Å². The van der Waals surface area contributed by atoms with Gasteiger partial charge in [-0.15, -0.1) is 0 Å². The molecule has 6 nitrogen and oxygen atoms in total. The Morgan fingerprint density at radius 1 is 0.979 bits per heavy atom. The van der Waals surface area contributed by atoms with Gasteiger partial charge in [0.1, 0.15) is 6.10 Å². The highest BCUT2D eigenvalue weighted by Crippen LogP contribution is 2.67. The molecule has 4 aliphatic rings. The first kappa shape index (κ1) is 38.7. The molecule has 0 aromatic rings. The third-order valence-corrected chi connectivity index (χ3v) is 14.4. The molecule has 0 radical (unpaired) electrons. The Kier molecular flexibility index (Phi) is 14.6. The minimum absolute atomic E-state index is 0.00719. The molecule has 8 unspecified atom stereocenters. The Morgan fingerprint density at radius 2 is 1.74 bits per heavy atom. The Balaban J connectivity index is 1.32. The molecule has 5 N–H and O–H groups in total. The Bertz CT molecular complexity index is 1000. The van der Waals surface area contributed by atoms with Crippen LogP contribution in [0, 0.1) is 46.3 Å². The summed E-state index contributed by atoms with van der Waals surface area (Å²) in [5.74, 6) is 5.16. The van der Waals surface area contributed by atoms with Crippen molar-refractivity contribution >= 4 is 6.09 Å². The lowest BCUT2D eigenvalue weighted by molar-refractivity contribution is -0.0539. The quantitative estimate of drug-likeness (QED) is 0.101. The van der Waals surface area contributed by atoms with Crippen LogP contribution in [0.5, 0.6) is 0 Å². The van der Waals surface area contributed by atoms with E-state index in [-0.39, 0.29) is 23.7 Å². The SMILES string of the molecule is CC[C@H](CCCC1CCC2C3CC=C4CC(OC(=O)N(CCCCNC(C)CCN)C(C)CCN)CCC4(C)C3CC[C@]12C)C(C)C. The van der Waals surface area contributed by atoms with Crippen molar-refractivity contribution in [3.8, 4) is 0 Å². The molecule has 272 valence electrons. The highest BCUT2D eigenvalue weighted by molar-refractivity contribution is 5.68. The molecular formula is C41H76N4O2. The summed E-state index contributed by atoms with van der Waals surface area (Å²) in [5.41, 5.74) is 14.0. The number of nitrogens with one attached hydrogen (secondary N) is 1. The minimum Gasteiger partial charge on any atom is -0.446 e. The molecule has 0 heterocycles. The van der Waals surface area contributed by atoms with Gasteiger partial charge in [-0.3, -0.25) is 0 Å². The van der Waals surface area contributed by atoms with Gasteiger partial charge in [0.2, 0.25) is 0 Å².